The zero-order valence-electron chi connectivity index (χ0n) is 25.1. The fourth-order valence-corrected chi connectivity index (χ4v) is 7.49. The Morgan fingerprint density at radius 2 is 1.78 bits per heavy atom. The molecule has 2 saturated heterocycles. The lowest BCUT2D eigenvalue weighted by atomic mass is 9.90. The van der Waals surface area contributed by atoms with E-state index in [1.165, 1.54) is 29.9 Å². The van der Waals surface area contributed by atoms with Gasteiger partial charge < -0.3 is 24.7 Å². The first kappa shape index (κ1) is 31.5. The second kappa shape index (κ2) is 12.7. The Morgan fingerprint density at radius 1 is 1.04 bits per heavy atom. The van der Waals surface area contributed by atoms with E-state index in [1.54, 1.807) is 18.2 Å². The van der Waals surface area contributed by atoms with Gasteiger partial charge in [-0.15, -0.1) is 0 Å². The highest BCUT2D eigenvalue weighted by molar-refractivity contribution is 7.89. The minimum absolute atomic E-state index is 0.0819. The summed E-state index contributed by atoms with van der Waals surface area (Å²) in [5.74, 6) is 7.38. The van der Waals surface area contributed by atoms with Gasteiger partial charge in [0, 0.05) is 54.1 Å². The first-order chi connectivity index (χ1) is 21.5. The first-order valence-corrected chi connectivity index (χ1v) is 16.7. The number of primary sulfonamides is 1. The molecule has 4 N–H and O–H groups in total. The van der Waals surface area contributed by atoms with Crippen molar-refractivity contribution >= 4 is 32.3 Å². The molecule has 3 heterocycles. The van der Waals surface area contributed by atoms with Gasteiger partial charge in [-0.2, -0.15) is 13.2 Å². The van der Waals surface area contributed by atoms with Gasteiger partial charge in [-0.25, -0.2) is 13.6 Å². The number of aromatic nitrogens is 1. The molecule has 2 unspecified atom stereocenters. The monoisotopic (exact) mass is 645 g/mol. The third-order valence-corrected chi connectivity index (χ3v) is 10.1. The number of hydrogen-bond acceptors (Lipinski definition) is 7. The molecule has 2 atom stereocenters. The van der Waals surface area contributed by atoms with Gasteiger partial charge in [0.2, 0.25) is 10.0 Å². The summed E-state index contributed by atoms with van der Waals surface area (Å²) in [6.07, 6.45) is -0.217. The fraction of sp³-hybridized carbons (Fsp3) is 0.500. The Bertz CT molecular complexity index is 1700. The number of methoxy groups -OCH3 is 1. The van der Waals surface area contributed by atoms with E-state index in [2.05, 4.69) is 27.4 Å². The van der Waals surface area contributed by atoms with Crippen molar-refractivity contribution < 1.29 is 31.1 Å². The third kappa shape index (κ3) is 7.19. The lowest BCUT2D eigenvalue weighted by Crippen LogP contribution is -2.40. The minimum atomic E-state index is -4.43. The first-order valence-electron chi connectivity index (χ1n) is 15.2. The molecule has 1 saturated carbocycles. The highest BCUT2D eigenvalue weighted by Crippen LogP contribution is 2.36. The molecule has 0 bridgehead atoms. The van der Waals surface area contributed by atoms with Gasteiger partial charge in [0.1, 0.15) is 12.3 Å². The van der Waals surface area contributed by atoms with Crippen LogP contribution in [0.2, 0.25) is 0 Å². The molecule has 3 fully saturated rings. The number of nitrogens with two attached hydrogens (primary N) is 1. The molecule has 13 heteroatoms. The summed E-state index contributed by atoms with van der Waals surface area (Å²) in [4.78, 5) is 2.54. The summed E-state index contributed by atoms with van der Waals surface area (Å²) in [5, 5.41) is 12.6. The van der Waals surface area contributed by atoms with Crippen molar-refractivity contribution in [2.45, 2.75) is 55.4 Å². The largest absolute Gasteiger partial charge is 0.495 e. The maximum Gasteiger partial charge on any atom is 0.406 e. The SMILES string of the molecule is COc1cc(S(N)(=O)=O)ccc1NCC#Cc1cc2c(NC3CCC(N4CC5COCC5C4)CC3)cccc2n1CC(F)(F)F. The molecule has 242 valence electrons. The molecule has 1 aliphatic carbocycles. The summed E-state index contributed by atoms with van der Waals surface area (Å²) in [7, 11) is -2.52. The normalized spacial score (nSPS) is 23.8. The van der Waals surface area contributed by atoms with E-state index in [9.17, 15) is 21.6 Å². The molecule has 3 aromatic rings. The van der Waals surface area contributed by atoms with Gasteiger partial charge in [0.15, 0.2) is 0 Å². The van der Waals surface area contributed by atoms with Crippen molar-refractivity contribution in [3.63, 3.8) is 0 Å². The van der Waals surface area contributed by atoms with E-state index in [1.807, 2.05) is 6.07 Å². The van der Waals surface area contributed by atoms with Gasteiger partial charge in [0.25, 0.3) is 0 Å². The van der Waals surface area contributed by atoms with Crippen LogP contribution in [0.25, 0.3) is 10.9 Å². The Morgan fingerprint density at radius 3 is 2.44 bits per heavy atom. The second-order valence-electron chi connectivity index (χ2n) is 12.2. The predicted molar refractivity (Wildman–Crippen MR) is 167 cm³/mol. The summed E-state index contributed by atoms with van der Waals surface area (Å²) >= 11 is 0. The molecular formula is C32H38F3N5O4S. The van der Waals surface area contributed by atoms with E-state index in [0.29, 0.717) is 34.5 Å². The number of nitrogens with one attached hydrogen (secondary N) is 2. The van der Waals surface area contributed by atoms with Crippen molar-refractivity contribution in [1.82, 2.24) is 9.47 Å². The Kier molecular flexibility index (Phi) is 8.94. The predicted octanol–water partition coefficient (Wildman–Crippen LogP) is 4.62. The molecule has 0 spiro atoms. The van der Waals surface area contributed by atoms with Crippen LogP contribution in [0.4, 0.5) is 24.5 Å². The molecule has 2 aromatic carbocycles. The van der Waals surface area contributed by atoms with Gasteiger partial charge >= 0.3 is 6.18 Å². The summed E-state index contributed by atoms with van der Waals surface area (Å²) in [6, 6.07) is 12.1. The quantitative estimate of drug-likeness (QED) is 0.307. The Balaban J connectivity index is 1.16. The number of rotatable bonds is 8. The van der Waals surface area contributed by atoms with Crippen LogP contribution < -0.4 is 20.5 Å². The number of nitrogens with zero attached hydrogens (tertiary/aromatic N) is 2. The van der Waals surface area contributed by atoms with Crippen LogP contribution in [-0.4, -0.2) is 76.1 Å². The highest BCUT2D eigenvalue weighted by Gasteiger charge is 2.40. The summed E-state index contributed by atoms with van der Waals surface area (Å²) in [6.45, 7) is 2.93. The average molecular weight is 646 g/mol. The van der Waals surface area contributed by atoms with Gasteiger partial charge in [-0.3, -0.25) is 4.90 Å². The Labute approximate surface area is 261 Å². The molecule has 6 rings (SSSR count). The van der Waals surface area contributed by atoms with Crippen molar-refractivity contribution in [1.29, 1.82) is 0 Å². The molecule has 0 radical (unpaired) electrons. The average Bonchev–Trinajstić information content (AvgIpc) is 3.69. The van der Waals surface area contributed by atoms with Crippen molar-refractivity contribution in [2.24, 2.45) is 17.0 Å². The number of benzene rings is 2. The number of halogens is 3. The van der Waals surface area contributed by atoms with Crippen molar-refractivity contribution in [3.8, 4) is 17.6 Å². The van der Waals surface area contributed by atoms with Gasteiger partial charge in [-0.1, -0.05) is 12.0 Å². The lowest BCUT2D eigenvalue weighted by Gasteiger charge is -2.35. The number of anilines is 2. The number of ether oxygens (including phenoxy) is 2. The summed E-state index contributed by atoms with van der Waals surface area (Å²) < 4.78 is 76.4. The number of hydrogen-bond donors (Lipinski definition) is 3. The second-order valence-corrected chi connectivity index (χ2v) is 13.8. The molecular weight excluding hydrogens is 607 g/mol. The third-order valence-electron chi connectivity index (χ3n) is 9.21. The zero-order chi connectivity index (χ0) is 31.8. The molecule has 3 aliphatic rings. The lowest BCUT2D eigenvalue weighted by molar-refractivity contribution is -0.140. The Hall–Kier alpha value is -3.44. The van der Waals surface area contributed by atoms with Crippen LogP contribution in [0.1, 0.15) is 31.4 Å². The molecule has 1 aromatic heterocycles. The number of likely N-dealkylation sites (tertiary alicyclic amines) is 1. The molecule has 0 amide bonds. The van der Waals surface area contributed by atoms with Gasteiger partial charge in [0.05, 0.1) is 48.7 Å². The van der Waals surface area contributed by atoms with Crippen LogP contribution in [0.5, 0.6) is 5.75 Å². The van der Waals surface area contributed by atoms with Crippen LogP contribution in [0.15, 0.2) is 47.4 Å². The maximum atomic E-state index is 13.7. The van der Waals surface area contributed by atoms with E-state index in [-0.39, 0.29) is 28.9 Å². The number of alkyl halides is 3. The highest BCUT2D eigenvalue weighted by atomic mass is 32.2. The van der Waals surface area contributed by atoms with Crippen LogP contribution in [0, 0.1) is 23.7 Å². The van der Waals surface area contributed by atoms with Crippen LogP contribution >= 0.6 is 0 Å². The molecule has 2 aliphatic heterocycles. The van der Waals surface area contributed by atoms with E-state index in [4.69, 9.17) is 14.6 Å². The maximum absolute atomic E-state index is 13.7. The van der Waals surface area contributed by atoms with E-state index < -0.39 is 22.7 Å². The molecule has 9 nitrogen and oxygen atoms in total. The number of fused-ring (bicyclic) bond motifs is 2. The topological polar surface area (TPSA) is 111 Å². The van der Waals surface area contributed by atoms with Crippen LogP contribution in [-0.2, 0) is 21.3 Å². The van der Waals surface area contributed by atoms with Crippen molar-refractivity contribution in [3.05, 3.63) is 48.2 Å². The van der Waals surface area contributed by atoms with Gasteiger partial charge in [-0.05, 0) is 61.9 Å². The fourth-order valence-electron chi connectivity index (χ4n) is 6.96. The minimum Gasteiger partial charge on any atom is -0.495 e. The van der Waals surface area contributed by atoms with E-state index >= 15 is 0 Å². The van der Waals surface area contributed by atoms with E-state index in [0.717, 1.165) is 57.7 Å². The van der Waals surface area contributed by atoms with Crippen molar-refractivity contribution in [2.75, 3.05) is 50.6 Å². The smallest absolute Gasteiger partial charge is 0.406 e. The summed E-state index contributed by atoms with van der Waals surface area (Å²) in [5.41, 5.74) is 2.00. The number of sulfonamides is 1. The standard InChI is InChI=1S/C32H38F3N5O4S/c1-43-31-15-26(45(36,41)42)11-12-29(31)37-13-3-4-25-14-27-28(5-2-6-30(27)40(25)20-32(33,34)35)38-23-7-9-24(10-8-23)39-16-21-18-44-19-22(21)17-39/h2,5-6,11-12,14-15,21-24,37-38H,7-10,13,16-20H2,1H3,(H2,36,41,42). The zero-order valence-corrected chi connectivity index (χ0v) is 25.9. The molecule has 45 heavy (non-hydrogen) atoms. The van der Waals surface area contributed by atoms with Crippen LogP contribution in [0.3, 0.4) is 0 Å².